The van der Waals surface area contributed by atoms with Gasteiger partial charge in [0.15, 0.2) is 6.61 Å². The highest BCUT2D eigenvalue weighted by atomic mass is 16.5. The Balaban J connectivity index is 1.52. The molecule has 1 heterocycles. The topological polar surface area (TPSA) is 108 Å². The number of carbonyl (C=O) groups is 3. The van der Waals surface area contributed by atoms with Gasteiger partial charge in [-0.05, 0) is 62.2 Å². The first-order chi connectivity index (χ1) is 15.2. The lowest BCUT2D eigenvalue weighted by Gasteiger charge is -2.17. The van der Waals surface area contributed by atoms with Crippen LogP contribution in [0.1, 0.15) is 24.5 Å². The summed E-state index contributed by atoms with van der Waals surface area (Å²) in [6.45, 7) is 5.78. The molecule has 2 atom stereocenters. The van der Waals surface area contributed by atoms with Crippen LogP contribution in [0.4, 0.5) is 11.4 Å². The third-order valence-electron chi connectivity index (χ3n) is 5.25. The first-order valence-corrected chi connectivity index (χ1v) is 10.6. The quantitative estimate of drug-likeness (QED) is 0.584. The molecule has 0 saturated carbocycles. The molecule has 3 N–H and O–H groups in total. The number of aryl methyl sites for hydroxylation is 2. The van der Waals surface area contributed by atoms with Gasteiger partial charge in [0.2, 0.25) is 11.8 Å². The second kappa shape index (κ2) is 10.3. The minimum Gasteiger partial charge on any atom is -0.484 e. The molecule has 170 valence electrons. The van der Waals surface area contributed by atoms with E-state index >= 15 is 0 Å². The molecule has 0 spiro atoms. The van der Waals surface area contributed by atoms with Gasteiger partial charge in [0.25, 0.3) is 5.91 Å². The minimum atomic E-state index is -0.636. The molecule has 1 aliphatic rings. The molecule has 0 unspecified atom stereocenters. The number of nitrogens with one attached hydrogen (secondary N) is 2. The van der Waals surface area contributed by atoms with Gasteiger partial charge in [-0.3, -0.25) is 14.4 Å². The fourth-order valence-corrected chi connectivity index (χ4v) is 3.45. The van der Waals surface area contributed by atoms with Crippen LogP contribution in [0.3, 0.4) is 0 Å². The number of hydrogen-bond acceptors (Lipinski definition) is 5. The van der Waals surface area contributed by atoms with Crippen LogP contribution in [0.15, 0.2) is 42.5 Å². The van der Waals surface area contributed by atoms with E-state index in [1.165, 1.54) is 0 Å². The number of carbonyl (C=O) groups excluding carboxylic acids is 3. The number of aliphatic hydroxyl groups is 1. The summed E-state index contributed by atoms with van der Waals surface area (Å²) < 4.78 is 5.57. The smallest absolute Gasteiger partial charge is 0.262 e. The SMILES string of the molecule is Cc1ccc(C)c(NC(=O)COc2ccc(N3C[C@H](C(=O)NC[C@@H](C)O)CC3=O)cc2)c1. The monoisotopic (exact) mass is 439 g/mol. The molecule has 1 fully saturated rings. The highest BCUT2D eigenvalue weighted by molar-refractivity contribution is 6.00. The third kappa shape index (κ3) is 6.07. The third-order valence-corrected chi connectivity index (χ3v) is 5.25. The Morgan fingerprint density at radius 2 is 1.91 bits per heavy atom. The molecule has 2 aromatic carbocycles. The van der Waals surface area contributed by atoms with E-state index in [9.17, 15) is 19.5 Å². The van der Waals surface area contributed by atoms with Gasteiger partial charge in [-0.25, -0.2) is 0 Å². The maximum absolute atomic E-state index is 12.4. The Morgan fingerprint density at radius 1 is 1.19 bits per heavy atom. The molecule has 1 saturated heterocycles. The Kier molecular flexibility index (Phi) is 7.48. The highest BCUT2D eigenvalue weighted by Crippen LogP contribution is 2.27. The number of hydrogen-bond donors (Lipinski definition) is 3. The van der Waals surface area contributed by atoms with E-state index in [2.05, 4.69) is 10.6 Å². The molecule has 8 nitrogen and oxygen atoms in total. The van der Waals surface area contributed by atoms with E-state index in [1.807, 2.05) is 32.0 Å². The molecule has 2 aromatic rings. The maximum atomic E-state index is 12.4. The van der Waals surface area contributed by atoms with Gasteiger partial charge in [-0.15, -0.1) is 0 Å². The summed E-state index contributed by atoms with van der Waals surface area (Å²) in [5.41, 5.74) is 3.45. The van der Waals surface area contributed by atoms with E-state index in [0.717, 1.165) is 16.8 Å². The van der Waals surface area contributed by atoms with Crippen molar-refractivity contribution in [1.29, 1.82) is 0 Å². The van der Waals surface area contributed by atoms with Crippen molar-refractivity contribution in [3.8, 4) is 5.75 Å². The van der Waals surface area contributed by atoms with Crippen molar-refractivity contribution in [3.63, 3.8) is 0 Å². The zero-order valence-electron chi connectivity index (χ0n) is 18.6. The molecule has 0 bridgehead atoms. The van der Waals surface area contributed by atoms with Crippen LogP contribution in [0.5, 0.6) is 5.75 Å². The molecule has 3 rings (SSSR count). The summed E-state index contributed by atoms with van der Waals surface area (Å²) in [5, 5.41) is 14.8. The minimum absolute atomic E-state index is 0.127. The largest absolute Gasteiger partial charge is 0.484 e. The van der Waals surface area contributed by atoms with E-state index < -0.39 is 12.0 Å². The fraction of sp³-hybridized carbons (Fsp3) is 0.375. The van der Waals surface area contributed by atoms with Crippen molar-refractivity contribution >= 4 is 29.1 Å². The van der Waals surface area contributed by atoms with Crippen LogP contribution >= 0.6 is 0 Å². The average molecular weight is 440 g/mol. The van der Waals surface area contributed by atoms with Crippen LogP contribution in [-0.4, -0.2) is 48.6 Å². The molecule has 3 amide bonds. The van der Waals surface area contributed by atoms with Crippen molar-refractivity contribution in [1.82, 2.24) is 5.32 Å². The summed E-state index contributed by atoms with van der Waals surface area (Å²) >= 11 is 0. The number of amides is 3. The molecular formula is C24H29N3O5. The van der Waals surface area contributed by atoms with E-state index in [0.29, 0.717) is 11.4 Å². The summed E-state index contributed by atoms with van der Waals surface area (Å²) in [4.78, 5) is 38.3. The lowest BCUT2D eigenvalue weighted by atomic mass is 10.1. The fourth-order valence-electron chi connectivity index (χ4n) is 3.45. The van der Waals surface area contributed by atoms with Gasteiger partial charge >= 0.3 is 0 Å². The van der Waals surface area contributed by atoms with Crippen LogP contribution in [0.25, 0.3) is 0 Å². The zero-order valence-corrected chi connectivity index (χ0v) is 18.6. The van der Waals surface area contributed by atoms with Gasteiger partial charge in [0, 0.05) is 30.9 Å². The standard InChI is InChI=1S/C24H29N3O5/c1-15-4-5-16(2)21(10-15)26-22(29)14-32-20-8-6-19(7-9-20)27-13-18(11-23(27)30)24(31)25-12-17(3)28/h4-10,17-18,28H,11-14H2,1-3H3,(H,25,31)(H,26,29)/t17-,18-/m1/s1. The van der Waals surface area contributed by atoms with Crippen LogP contribution in [0, 0.1) is 19.8 Å². The van der Waals surface area contributed by atoms with Gasteiger partial charge in [0.05, 0.1) is 12.0 Å². The maximum Gasteiger partial charge on any atom is 0.262 e. The molecule has 0 aliphatic carbocycles. The Bertz CT molecular complexity index is 988. The van der Waals surface area contributed by atoms with E-state index in [4.69, 9.17) is 4.74 Å². The lowest BCUT2D eigenvalue weighted by Crippen LogP contribution is -2.36. The van der Waals surface area contributed by atoms with Crippen molar-refractivity contribution in [3.05, 3.63) is 53.6 Å². The first kappa shape index (κ1) is 23.3. The Labute approximate surface area is 187 Å². The summed E-state index contributed by atoms with van der Waals surface area (Å²) in [7, 11) is 0. The molecule has 0 radical (unpaired) electrons. The van der Waals surface area contributed by atoms with Crippen LogP contribution in [0.2, 0.25) is 0 Å². The van der Waals surface area contributed by atoms with Crippen molar-refractivity contribution < 1.29 is 24.2 Å². The van der Waals surface area contributed by atoms with Crippen molar-refractivity contribution in [2.45, 2.75) is 33.3 Å². The summed E-state index contributed by atoms with van der Waals surface area (Å²) in [6.07, 6.45) is -0.509. The second-order valence-electron chi connectivity index (χ2n) is 8.15. The van der Waals surface area contributed by atoms with Gasteiger partial charge < -0.3 is 25.4 Å². The predicted molar refractivity (Wildman–Crippen MR) is 122 cm³/mol. The molecule has 32 heavy (non-hydrogen) atoms. The van der Waals surface area contributed by atoms with Gasteiger partial charge in [-0.2, -0.15) is 0 Å². The van der Waals surface area contributed by atoms with Crippen molar-refractivity contribution in [2.75, 3.05) is 29.9 Å². The van der Waals surface area contributed by atoms with Gasteiger partial charge in [-0.1, -0.05) is 12.1 Å². The van der Waals surface area contributed by atoms with E-state index in [-0.39, 0.29) is 43.8 Å². The summed E-state index contributed by atoms with van der Waals surface area (Å²) in [5.74, 6) is -0.586. The molecular weight excluding hydrogens is 410 g/mol. The normalized spacial score (nSPS) is 16.6. The number of ether oxygens (including phenoxy) is 1. The lowest BCUT2D eigenvalue weighted by molar-refractivity contribution is -0.126. The predicted octanol–water partition coefficient (Wildman–Crippen LogP) is 2.17. The van der Waals surface area contributed by atoms with Crippen molar-refractivity contribution in [2.24, 2.45) is 5.92 Å². The Morgan fingerprint density at radius 3 is 2.59 bits per heavy atom. The second-order valence-corrected chi connectivity index (χ2v) is 8.15. The number of rotatable bonds is 8. The molecule has 1 aliphatic heterocycles. The molecule has 8 heteroatoms. The molecule has 0 aromatic heterocycles. The Hall–Kier alpha value is -3.39. The van der Waals surface area contributed by atoms with Crippen LogP contribution in [-0.2, 0) is 14.4 Å². The number of anilines is 2. The number of aliphatic hydroxyl groups excluding tert-OH is 1. The first-order valence-electron chi connectivity index (χ1n) is 10.6. The number of benzene rings is 2. The highest BCUT2D eigenvalue weighted by Gasteiger charge is 2.35. The summed E-state index contributed by atoms with van der Waals surface area (Å²) in [6, 6.07) is 12.7. The van der Waals surface area contributed by atoms with Gasteiger partial charge in [0.1, 0.15) is 5.75 Å². The number of nitrogens with zero attached hydrogens (tertiary/aromatic N) is 1. The average Bonchev–Trinajstić information content (AvgIpc) is 3.15. The van der Waals surface area contributed by atoms with Crippen LogP contribution < -0.4 is 20.3 Å². The van der Waals surface area contributed by atoms with E-state index in [1.54, 1.807) is 36.1 Å². The zero-order chi connectivity index (χ0) is 23.3.